The van der Waals surface area contributed by atoms with E-state index in [4.69, 9.17) is 0 Å². The molecule has 0 heterocycles. The Labute approximate surface area is 96.1 Å². The summed E-state index contributed by atoms with van der Waals surface area (Å²) in [4.78, 5) is 20.0. The molecule has 4 nitrogen and oxygen atoms in total. The van der Waals surface area contributed by atoms with Crippen LogP contribution in [0.1, 0.15) is 45.4 Å². The monoisotopic (exact) mass is 271 g/mol. The van der Waals surface area contributed by atoms with Crippen molar-refractivity contribution in [1.82, 2.24) is 0 Å². The van der Waals surface area contributed by atoms with Gasteiger partial charge in [0.15, 0.2) is 0 Å². The molecule has 0 aromatic carbocycles. The Morgan fingerprint density at radius 1 is 1.07 bits per heavy atom. The molecule has 0 aliphatic heterocycles. The Morgan fingerprint density at radius 3 is 2.07 bits per heavy atom. The topological polar surface area (TPSA) is 72.4 Å². The molecule has 0 fully saturated rings. The molecule has 0 saturated carbocycles. The van der Waals surface area contributed by atoms with Crippen LogP contribution in [-0.4, -0.2) is 6.61 Å². The van der Waals surface area contributed by atoms with Gasteiger partial charge in [0.1, 0.15) is 0 Å². The minimum atomic E-state index is -4.73. The van der Waals surface area contributed by atoms with E-state index in [1.54, 1.807) is 0 Å². The van der Waals surface area contributed by atoms with Gasteiger partial charge in [0, 0.05) is 0 Å². The van der Waals surface area contributed by atoms with Crippen LogP contribution in [0.5, 0.6) is 0 Å². The summed E-state index contributed by atoms with van der Waals surface area (Å²) >= 11 is 0. The fraction of sp³-hybridized carbons (Fsp3) is 1.00. The molecule has 0 unspecified atom stereocenters. The maximum Gasteiger partial charge on any atom is 2.00 e. The van der Waals surface area contributed by atoms with E-state index in [0.717, 1.165) is 12.8 Å². The first-order valence-corrected chi connectivity index (χ1v) is 6.19. The Hall–Kier alpha value is 0.629. The van der Waals surface area contributed by atoms with Gasteiger partial charge in [-0.05, 0) is 6.42 Å². The van der Waals surface area contributed by atoms with Crippen LogP contribution in [0.2, 0.25) is 0 Å². The van der Waals surface area contributed by atoms with Crippen LogP contribution in [0.4, 0.5) is 0 Å². The Balaban J connectivity index is 0. The van der Waals surface area contributed by atoms with E-state index in [9.17, 15) is 14.4 Å². The van der Waals surface area contributed by atoms with Crippen LogP contribution in [0.3, 0.4) is 0 Å². The first-order chi connectivity index (χ1) is 6.06. The quantitative estimate of drug-likeness (QED) is 0.378. The van der Waals surface area contributed by atoms with Crippen LogP contribution in [0.15, 0.2) is 0 Å². The number of unbranched alkanes of at least 4 members (excludes halogenated alkanes) is 5. The summed E-state index contributed by atoms with van der Waals surface area (Å²) in [6, 6.07) is 0. The van der Waals surface area contributed by atoms with Crippen LogP contribution < -0.4 is 9.79 Å². The van der Waals surface area contributed by atoms with E-state index >= 15 is 0 Å². The Morgan fingerprint density at radius 2 is 1.57 bits per heavy atom. The van der Waals surface area contributed by atoms with Gasteiger partial charge in [0.25, 0.3) is 0 Å². The molecular formula is C8H17CuO4P. The number of rotatable bonds is 8. The zero-order valence-corrected chi connectivity index (χ0v) is 10.2. The summed E-state index contributed by atoms with van der Waals surface area (Å²) in [5.74, 6) is 0. The third-order valence-electron chi connectivity index (χ3n) is 1.75. The van der Waals surface area contributed by atoms with E-state index in [1.165, 1.54) is 19.3 Å². The molecule has 0 atom stereocenters. The second-order valence-electron chi connectivity index (χ2n) is 3.05. The van der Waals surface area contributed by atoms with Crippen molar-refractivity contribution >= 4 is 7.82 Å². The molecule has 0 rings (SSSR count). The van der Waals surface area contributed by atoms with Crippen LogP contribution in [-0.2, 0) is 26.2 Å². The molecule has 0 N–H and O–H groups in total. The van der Waals surface area contributed by atoms with E-state index in [0.29, 0.717) is 6.42 Å². The van der Waals surface area contributed by atoms with Gasteiger partial charge >= 0.3 is 17.1 Å². The molecule has 89 valence electrons. The SMILES string of the molecule is CCCCCCCCOP(=O)([O-])[O-].[Cu+2]. The van der Waals surface area contributed by atoms with Crippen molar-refractivity contribution in [3.63, 3.8) is 0 Å². The maximum absolute atomic E-state index is 10.0. The molecule has 0 spiro atoms. The zero-order valence-electron chi connectivity index (χ0n) is 8.33. The van der Waals surface area contributed by atoms with Gasteiger partial charge in [0.2, 0.25) is 0 Å². The third-order valence-corrected chi connectivity index (χ3v) is 2.25. The minimum Gasteiger partial charge on any atom is -0.790 e. The van der Waals surface area contributed by atoms with Crippen molar-refractivity contribution in [2.75, 3.05) is 6.61 Å². The number of phosphoric ester groups is 1. The number of phosphoric acid groups is 1. The van der Waals surface area contributed by atoms with E-state index in [2.05, 4.69) is 11.4 Å². The summed E-state index contributed by atoms with van der Waals surface area (Å²) in [5.41, 5.74) is 0. The molecule has 0 saturated heterocycles. The number of hydrogen-bond acceptors (Lipinski definition) is 4. The molecule has 0 aliphatic rings. The van der Waals surface area contributed by atoms with Gasteiger partial charge < -0.3 is 18.9 Å². The van der Waals surface area contributed by atoms with E-state index in [-0.39, 0.29) is 23.7 Å². The normalized spacial score (nSPS) is 11.1. The van der Waals surface area contributed by atoms with Crippen molar-refractivity contribution < 1.29 is 35.9 Å². The van der Waals surface area contributed by atoms with E-state index in [1.807, 2.05) is 0 Å². The molecule has 14 heavy (non-hydrogen) atoms. The standard InChI is InChI=1S/C8H19O4P.Cu/c1-2-3-4-5-6-7-8-12-13(9,10)11;/h2-8H2,1H3,(H2,9,10,11);/q;+2/p-2. The average Bonchev–Trinajstić information content (AvgIpc) is 2.01. The minimum absolute atomic E-state index is 0. The summed E-state index contributed by atoms with van der Waals surface area (Å²) in [5, 5.41) is 0. The molecular weight excluding hydrogens is 255 g/mol. The maximum atomic E-state index is 10.0. The van der Waals surface area contributed by atoms with Crippen molar-refractivity contribution in [3.05, 3.63) is 0 Å². The molecule has 0 aliphatic carbocycles. The molecule has 6 heteroatoms. The first-order valence-electron chi connectivity index (χ1n) is 4.73. The van der Waals surface area contributed by atoms with Gasteiger partial charge in [-0.1, -0.05) is 39.0 Å². The third kappa shape index (κ3) is 15.1. The fourth-order valence-electron chi connectivity index (χ4n) is 1.06. The average molecular weight is 272 g/mol. The van der Waals surface area contributed by atoms with Gasteiger partial charge in [0.05, 0.1) is 14.4 Å². The van der Waals surface area contributed by atoms with Crippen molar-refractivity contribution in [2.24, 2.45) is 0 Å². The molecule has 0 bridgehead atoms. The summed E-state index contributed by atoms with van der Waals surface area (Å²) < 4.78 is 14.1. The Kier molecular flexibility index (Phi) is 12.4. The predicted octanol–water partition coefficient (Wildman–Crippen LogP) is 1.19. The summed E-state index contributed by atoms with van der Waals surface area (Å²) in [6.07, 6.45) is 6.23. The van der Waals surface area contributed by atoms with Crippen molar-refractivity contribution in [1.29, 1.82) is 0 Å². The second kappa shape index (κ2) is 10.2. The second-order valence-corrected chi connectivity index (χ2v) is 4.20. The van der Waals surface area contributed by atoms with Gasteiger partial charge in [-0.2, -0.15) is 0 Å². The van der Waals surface area contributed by atoms with Crippen LogP contribution in [0.25, 0.3) is 0 Å². The van der Waals surface area contributed by atoms with Crippen LogP contribution >= 0.6 is 7.82 Å². The van der Waals surface area contributed by atoms with Gasteiger partial charge in [-0.15, -0.1) is 0 Å². The summed E-state index contributed by atoms with van der Waals surface area (Å²) in [6.45, 7) is 2.17. The van der Waals surface area contributed by atoms with Crippen molar-refractivity contribution in [2.45, 2.75) is 45.4 Å². The molecule has 0 aromatic heterocycles. The molecule has 0 amide bonds. The number of hydrogen-bond donors (Lipinski definition) is 0. The predicted molar refractivity (Wildman–Crippen MR) is 46.9 cm³/mol. The van der Waals surface area contributed by atoms with Gasteiger partial charge in [-0.25, -0.2) is 0 Å². The summed E-state index contributed by atoms with van der Waals surface area (Å²) in [7, 11) is -4.73. The van der Waals surface area contributed by atoms with E-state index < -0.39 is 7.82 Å². The van der Waals surface area contributed by atoms with Crippen molar-refractivity contribution in [3.8, 4) is 0 Å². The smallest absolute Gasteiger partial charge is 0.790 e. The zero-order chi connectivity index (χ0) is 10.2. The molecule has 0 aromatic rings. The molecule has 1 radical (unpaired) electrons. The largest absolute Gasteiger partial charge is 2.00 e. The fourth-order valence-corrected chi connectivity index (χ4v) is 1.41. The van der Waals surface area contributed by atoms with Crippen LogP contribution in [0, 0.1) is 0 Å². The van der Waals surface area contributed by atoms with Gasteiger partial charge in [-0.3, -0.25) is 0 Å². The first kappa shape index (κ1) is 17.0. The Bertz CT molecular complexity index is 159.